The summed E-state index contributed by atoms with van der Waals surface area (Å²) in [5.41, 5.74) is 1.78. The van der Waals surface area contributed by atoms with Gasteiger partial charge in [0.2, 0.25) is 5.91 Å². The van der Waals surface area contributed by atoms with Crippen LogP contribution in [0, 0.1) is 12.3 Å². The van der Waals surface area contributed by atoms with Crippen molar-refractivity contribution in [3.8, 4) is 0 Å². The highest BCUT2D eigenvalue weighted by Crippen LogP contribution is 2.40. The summed E-state index contributed by atoms with van der Waals surface area (Å²) in [4.78, 5) is 33.9. The molecule has 4 heterocycles. The lowest BCUT2D eigenvalue weighted by atomic mass is 9.78. The molecule has 0 bridgehead atoms. The van der Waals surface area contributed by atoms with Crippen LogP contribution in [0.25, 0.3) is 0 Å². The number of amides is 2. The number of aryl methyl sites for hydroxylation is 1. The van der Waals surface area contributed by atoms with E-state index in [9.17, 15) is 9.59 Å². The van der Waals surface area contributed by atoms with Gasteiger partial charge in [-0.05, 0) is 49.9 Å². The predicted molar refractivity (Wildman–Crippen MR) is 96.5 cm³/mol. The molecule has 1 unspecified atom stereocenters. The molecular formula is C18H21N5O2S. The highest BCUT2D eigenvalue weighted by Gasteiger charge is 2.49. The Morgan fingerprint density at radius 1 is 1.31 bits per heavy atom. The van der Waals surface area contributed by atoms with E-state index in [-0.39, 0.29) is 11.8 Å². The van der Waals surface area contributed by atoms with Crippen LogP contribution in [0.5, 0.6) is 0 Å². The van der Waals surface area contributed by atoms with Gasteiger partial charge in [0.1, 0.15) is 0 Å². The largest absolute Gasteiger partial charge is 0.336 e. The summed E-state index contributed by atoms with van der Waals surface area (Å²) in [7, 11) is 0. The fourth-order valence-electron chi connectivity index (χ4n) is 4.03. The number of nitrogens with zero attached hydrogens (tertiary/aromatic N) is 5. The van der Waals surface area contributed by atoms with E-state index in [4.69, 9.17) is 0 Å². The summed E-state index contributed by atoms with van der Waals surface area (Å²) < 4.78 is 3.77. The molecule has 2 saturated heterocycles. The van der Waals surface area contributed by atoms with Crippen LogP contribution in [0.4, 0.5) is 0 Å². The van der Waals surface area contributed by atoms with Gasteiger partial charge in [-0.1, -0.05) is 10.6 Å². The van der Waals surface area contributed by atoms with Crippen LogP contribution in [0.1, 0.15) is 41.1 Å². The van der Waals surface area contributed by atoms with Crippen LogP contribution in [0.15, 0.2) is 23.6 Å². The van der Waals surface area contributed by atoms with Crippen LogP contribution >= 0.6 is 11.5 Å². The lowest BCUT2D eigenvalue weighted by Gasteiger charge is -2.38. The molecule has 0 radical (unpaired) electrons. The van der Waals surface area contributed by atoms with E-state index in [2.05, 4.69) is 14.6 Å². The maximum Gasteiger partial charge on any atom is 0.275 e. The number of pyridine rings is 1. The molecule has 2 aliphatic heterocycles. The summed E-state index contributed by atoms with van der Waals surface area (Å²) in [6, 6.07) is 5.88. The van der Waals surface area contributed by atoms with Gasteiger partial charge >= 0.3 is 0 Å². The average Bonchev–Trinajstić information content (AvgIpc) is 3.27. The third-order valence-electron chi connectivity index (χ3n) is 5.34. The number of carbonyl (C=O) groups is 2. The highest BCUT2D eigenvalue weighted by molar-refractivity contribution is 7.03. The van der Waals surface area contributed by atoms with Gasteiger partial charge in [0, 0.05) is 30.7 Å². The molecule has 2 aromatic rings. The summed E-state index contributed by atoms with van der Waals surface area (Å²) >= 11 is 1.17. The van der Waals surface area contributed by atoms with Crippen molar-refractivity contribution in [3.63, 3.8) is 0 Å². The van der Waals surface area contributed by atoms with Crippen LogP contribution in [-0.2, 0) is 11.3 Å². The van der Waals surface area contributed by atoms with Gasteiger partial charge in [-0.15, -0.1) is 5.10 Å². The van der Waals surface area contributed by atoms with Crippen molar-refractivity contribution in [1.82, 2.24) is 24.4 Å². The van der Waals surface area contributed by atoms with Gasteiger partial charge in [-0.3, -0.25) is 14.6 Å². The quantitative estimate of drug-likeness (QED) is 0.823. The number of hydrogen-bond donors (Lipinski definition) is 0. The zero-order valence-electron chi connectivity index (χ0n) is 14.7. The molecule has 2 fully saturated rings. The molecule has 0 aromatic carbocycles. The fourth-order valence-corrected chi connectivity index (χ4v) is 4.46. The molecule has 8 heteroatoms. The zero-order valence-corrected chi connectivity index (χ0v) is 15.5. The van der Waals surface area contributed by atoms with E-state index >= 15 is 0 Å². The van der Waals surface area contributed by atoms with Crippen molar-refractivity contribution >= 4 is 23.3 Å². The smallest absolute Gasteiger partial charge is 0.275 e. The van der Waals surface area contributed by atoms with E-state index < -0.39 is 5.41 Å². The molecular weight excluding hydrogens is 350 g/mol. The predicted octanol–water partition coefficient (Wildman–Crippen LogP) is 1.90. The molecule has 2 aliphatic rings. The Labute approximate surface area is 156 Å². The first-order valence-corrected chi connectivity index (χ1v) is 9.69. The number of piperidine rings is 1. The standard InChI is InChI=1S/C18H21N5O2S/c1-13-4-2-5-14(19-13)10-22-9-7-18(17(22)25)6-3-8-23(12-18)16(24)15-11-26-21-20-15/h2,4-5,11H,3,6-10,12H2,1H3. The monoisotopic (exact) mass is 371 g/mol. The van der Waals surface area contributed by atoms with Crippen LogP contribution < -0.4 is 0 Å². The lowest BCUT2D eigenvalue weighted by molar-refractivity contribution is -0.138. The van der Waals surface area contributed by atoms with Crippen molar-refractivity contribution in [2.45, 2.75) is 32.7 Å². The highest BCUT2D eigenvalue weighted by atomic mass is 32.1. The first-order chi connectivity index (χ1) is 12.6. The molecule has 0 aliphatic carbocycles. The second-order valence-electron chi connectivity index (χ2n) is 7.15. The Morgan fingerprint density at radius 2 is 2.19 bits per heavy atom. The zero-order chi connectivity index (χ0) is 18.1. The normalized spacial score (nSPS) is 23.0. The minimum atomic E-state index is -0.457. The third-order valence-corrected chi connectivity index (χ3v) is 5.85. The first-order valence-electron chi connectivity index (χ1n) is 8.86. The Kier molecular flexibility index (Phi) is 4.44. The van der Waals surface area contributed by atoms with Crippen LogP contribution in [-0.4, -0.2) is 55.8 Å². The van der Waals surface area contributed by atoms with Gasteiger partial charge in [-0.2, -0.15) is 0 Å². The third kappa shape index (κ3) is 3.09. The van der Waals surface area contributed by atoms with E-state index in [0.717, 1.165) is 37.2 Å². The lowest BCUT2D eigenvalue weighted by Crippen LogP contribution is -2.49. The Bertz CT molecular complexity index is 825. The Hall–Kier alpha value is -2.35. The van der Waals surface area contributed by atoms with Crippen molar-refractivity contribution < 1.29 is 9.59 Å². The van der Waals surface area contributed by atoms with E-state index in [1.807, 2.05) is 30.0 Å². The maximum absolute atomic E-state index is 13.2. The number of aromatic nitrogens is 3. The van der Waals surface area contributed by atoms with Crippen molar-refractivity contribution in [2.75, 3.05) is 19.6 Å². The van der Waals surface area contributed by atoms with Gasteiger partial charge in [0.25, 0.3) is 5.91 Å². The van der Waals surface area contributed by atoms with E-state index in [1.54, 1.807) is 10.3 Å². The molecule has 0 N–H and O–H groups in total. The molecule has 7 nitrogen and oxygen atoms in total. The Morgan fingerprint density at radius 3 is 2.96 bits per heavy atom. The van der Waals surface area contributed by atoms with Crippen molar-refractivity contribution in [3.05, 3.63) is 40.7 Å². The number of hydrogen-bond acceptors (Lipinski definition) is 6. The minimum absolute atomic E-state index is 0.121. The molecule has 26 heavy (non-hydrogen) atoms. The molecule has 2 aromatic heterocycles. The van der Waals surface area contributed by atoms with Gasteiger partial charge in [-0.25, -0.2) is 0 Å². The number of likely N-dealkylation sites (tertiary alicyclic amines) is 2. The summed E-state index contributed by atoms with van der Waals surface area (Å²) in [6.45, 7) is 4.35. The average molecular weight is 371 g/mol. The number of rotatable bonds is 3. The summed E-state index contributed by atoms with van der Waals surface area (Å²) in [6.07, 6.45) is 2.46. The van der Waals surface area contributed by atoms with Gasteiger partial charge in [0.15, 0.2) is 5.69 Å². The second-order valence-corrected chi connectivity index (χ2v) is 7.76. The summed E-state index contributed by atoms with van der Waals surface area (Å²) in [5, 5.41) is 5.54. The van der Waals surface area contributed by atoms with Crippen LogP contribution in [0.3, 0.4) is 0 Å². The van der Waals surface area contributed by atoms with Crippen molar-refractivity contribution in [2.24, 2.45) is 5.41 Å². The SMILES string of the molecule is Cc1cccc(CN2CCC3(CCCN(C(=O)c4csnn4)C3)C2=O)n1. The molecule has 0 saturated carbocycles. The molecule has 136 valence electrons. The molecule has 2 amide bonds. The topological polar surface area (TPSA) is 79.3 Å². The van der Waals surface area contributed by atoms with E-state index in [1.165, 1.54) is 11.5 Å². The minimum Gasteiger partial charge on any atom is -0.336 e. The number of carbonyl (C=O) groups excluding carboxylic acids is 2. The Balaban J connectivity index is 1.48. The van der Waals surface area contributed by atoms with Crippen LogP contribution in [0.2, 0.25) is 0 Å². The maximum atomic E-state index is 13.2. The second kappa shape index (κ2) is 6.75. The van der Waals surface area contributed by atoms with Gasteiger partial charge < -0.3 is 9.80 Å². The molecule has 4 rings (SSSR count). The summed E-state index contributed by atoms with van der Waals surface area (Å²) in [5.74, 6) is 0.0270. The fraction of sp³-hybridized carbons (Fsp3) is 0.500. The van der Waals surface area contributed by atoms with E-state index in [0.29, 0.717) is 25.3 Å². The molecule has 1 atom stereocenters. The first kappa shape index (κ1) is 17.1. The van der Waals surface area contributed by atoms with Crippen molar-refractivity contribution in [1.29, 1.82) is 0 Å². The molecule has 1 spiro atoms. The van der Waals surface area contributed by atoms with Gasteiger partial charge in [0.05, 0.1) is 17.7 Å².